The van der Waals surface area contributed by atoms with E-state index in [4.69, 9.17) is 5.73 Å². The van der Waals surface area contributed by atoms with E-state index in [0.29, 0.717) is 18.5 Å². The Labute approximate surface area is 112 Å². The van der Waals surface area contributed by atoms with Gasteiger partial charge in [0.25, 0.3) is 5.91 Å². The van der Waals surface area contributed by atoms with Crippen LogP contribution in [0.2, 0.25) is 0 Å². The van der Waals surface area contributed by atoms with Crippen molar-refractivity contribution in [3.63, 3.8) is 0 Å². The van der Waals surface area contributed by atoms with Crippen LogP contribution in [0.5, 0.6) is 0 Å². The van der Waals surface area contributed by atoms with Crippen molar-refractivity contribution >= 4 is 5.91 Å². The normalized spacial score (nSPS) is 12.1. The number of aromatic amines is 1. The minimum atomic E-state index is -0.119. The zero-order valence-electron chi connectivity index (χ0n) is 10.9. The fraction of sp³-hybridized carbons (Fsp3) is 0.286. The molecule has 1 unspecified atom stereocenters. The monoisotopic (exact) mass is 258 g/mol. The van der Waals surface area contributed by atoms with E-state index in [1.807, 2.05) is 37.3 Å². The molecule has 0 saturated carbocycles. The maximum atomic E-state index is 11.8. The average Bonchev–Trinajstić information content (AvgIpc) is 2.86. The Morgan fingerprint density at radius 2 is 2.16 bits per heavy atom. The van der Waals surface area contributed by atoms with Crippen LogP contribution in [0.15, 0.2) is 36.5 Å². The van der Waals surface area contributed by atoms with Crippen LogP contribution >= 0.6 is 0 Å². The number of nitrogens with one attached hydrogen (secondary N) is 2. The second-order valence-corrected chi connectivity index (χ2v) is 4.47. The number of aromatic nitrogens is 2. The Morgan fingerprint density at radius 3 is 2.79 bits per heavy atom. The molecule has 1 aromatic carbocycles. The van der Waals surface area contributed by atoms with E-state index in [9.17, 15) is 4.79 Å². The number of nitrogens with two attached hydrogens (primary N) is 1. The highest BCUT2D eigenvalue weighted by Gasteiger charge is 2.11. The quantitative estimate of drug-likeness (QED) is 0.760. The van der Waals surface area contributed by atoms with E-state index in [-0.39, 0.29) is 11.9 Å². The predicted molar refractivity (Wildman–Crippen MR) is 73.6 cm³/mol. The number of amides is 1. The average molecular weight is 258 g/mol. The van der Waals surface area contributed by atoms with Crippen LogP contribution in [0.1, 0.15) is 34.1 Å². The first-order valence-corrected chi connectivity index (χ1v) is 6.27. The number of nitrogens with zero attached hydrogens (tertiary/aromatic N) is 1. The topological polar surface area (TPSA) is 83.8 Å². The summed E-state index contributed by atoms with van der Waals surface area (Å²) in [5.41, 5.74) is 8.49. The van der Waals surface area contributed by atoms with Crippen molar-refractivity contribution in [2.45, 2.75) is 19.4 Å². The van der Waals surface area contributed by atoms with Crippen molar-refractivity contribution in [3.05, 3.63) is 53.3 Å². The summed E-state index contributed by atoms with van der Waals surface area (Å²) in [7, 11) is 0. The highest BCUT2D eigenvalue weighted by atomic mass is 16.1. The minimum Gasteiger partial charge on any atom is -0.352 e. The number of H-pyrrole nitrogens is 1. The van der Waals surface area contributed by atoms with Crippen LogP contribution in [0.3, 0.4) is 0 Å². The van der Waals surface area contributed by atoms with E-state index in [1.54, 1.807) is 0 Å². The lowest BCUT2D eigenvalue weighted by atomic mass is 10.1. The largest absolute Gasteiger partial charge is 0.352 e. The van der Waals surface area contributed by atoms with Crippen molar-refractivity contribution in [1.29, 1.82) is 0 Å². The standard InChI is InChI=1S/C14H18N4O/c1-10-12(9-17-18-10)14(19)16-8-7-13(15)11-5-3-2-4-6-11/h2-6,9,13H,7-8,15H2,1H3,(H,16,19)(H,17,18). The van der Waals surface area contributed by atoms with Gasteiger partial charge in [-0.25, -0.2) is 0 Å². The minimum absolute atomic E-state index is 0.0630. The molecule has 5 nitrogen and oxygen atoms in total. The van der Waals surface area contributed by atoms with Gasteiger partial charge in [-0.2, -0.15) is 5.10 Å². The first-order chi connectivity index (χ1) is 9.18. The summed E-state index contributed by atoms with van der Waals surface area (Å²) in [5, 5.41) is 9.41. The van der Waals surface area contributed by atoms with Crippen LogP contribution in [-0.2, 0) is 0 Å². The number of rotatable bonds is 5. The highest BCUT2D eigenvalue weighted by Crippen LogP contribution is 2.12. The van der Waals surface area contributed by atoms with E-state index >= 15 is 0 Å². The highest BCUT2D eigenvalue weighted by molar-refractivity contribution is 5.94. The first kappa shape index (κ1) is 13.3. The summed E-state index contributed by atoms with van der Waals surface area (Å²) in [4.78, 5) is 11.8. The lowest BCUT2D eigenvalue weighted by Gasteiger charge is -2.12. The van der Waals surface area contributed by atoms with Crippen LogP contribution in [0, 0.1) is 6.92 Å². The summed E-state index contributed by atoms with van der Waals surface area (Å²) in [6.07, 6.45) is 2.23. The molecule has 0 radical (unpaired) electrons. The fourth-order valence-corrected chi connectivity index (χ4v) is 1.88. The third kappa shape index (κ3) is 3.42. The van der Waals surface area contributed by atoms with Gasteiger partial charge in [0.15, 0.2) is 0 Å². The first-order valence-electron chi connectivity index (χ1n) is 6.27. The van der Waals surface area contributed by atoms with Gasteiger partial charge in [0.1, 0.15) is 0 Å². The van der Waals surface area contributed by atoms with Crippen LogP contribution < -0.4 is 11.1 Å². The predicted octanol–water partition coefficient (Wildman–Crippen LogP) is 1.54. The smallest absolute Gasteiger partial charge is 0.254 e. The molecule has 0 aliphatic rings. The molecular formula is C14H18N4O. The number of carbonyl (C=O) groups is 1. The zero-order valence-corrected chi connectivity index (χ0v) is 10.9. The molecule has 0 bridgehead atoms. The maximum Gasteiger partial charge on any atom is 0.254 e. The molecule has 1 heterocycles. The Balaban J connectivity index is 1.81. The molecule has 4 N–H and O–H groups in total. The zero-order chi connectivity index (χ0) is 13.7. The molecule has 19 heavy (non-hydrogen) atoms. The molecule has 0 saturated heterocycles. The molecule has 0 aliphatic carbocycles. The third-order valence-corrected chi connectivity index (χ3v) is 3.04. The van der Waals surface area contributed by atoms with Gasteiger partial charge < -0.3 is 11.1 Å². The van der Waals surface area contributed by atoms with Crippen molar-refractivity contribution in [2.24, 2.45) is 5.73 Å². The van der Waals surface area contributed by atoms with E-state index in [2.05, 4.69) is 15.5 Å². The van der Waals surface area contributed by atoms with Gasteiger partial charge in [-0.1, -0.05) is 30.3 Å². The Morgan fingerprint density at radius 1 is 1.42 bits per heavy atom. The number of hydrogen-bond donors (Lipinski definition) is 3. The van der Waals surface area contributed by atoms with Gasteiger partial charge in [0.2, 0.25) is 0 Å². The van der Waals surface area contributed by atoms with Crippen molar-refractivity contribution in [2.75, 3.05) is 6.54 Å². The molecule has 1 aromatic heterocycles. The maximum absolute atomic E-state index is 11.8. The van der Waals surface area contributed by atoms with E-state index in [0.717, 1.165) is 11.3 Å². The van der Waals surface area contributed by atoms with Gasteiger partial charge in [0, 0.05) is 18.3 Å². The van der Waals surface area contributed by atoms with Crippen molar-refractivity contribution < 1.29 is 4.79 Å². The molecule has 0 fully saturated rings. The summed E-state index contributed by atoms with van der Waals surface area (Å²) in [6, 6.07) is 9.80. The van der Waals surface area contributed by atoms with Gasteiger partial charge in [0.05, 0.1) is 11.8 Å². The Hall–Kier alpha value is -2.14. The lowest BCUT2D eigenvalue weighted by Crippen LogP contribution is -2.27. The Bertz CT molecular complexity index is 535. The number of aryl methyl sites for hydroxylation is 1. The van der Waals surface area contributed by atoms with Gasteiger partial charge >= 0.3 is 0 Å². The lowest BCUT2D eigenvalue weighted by molar-refractivity contribution is 0.0952. The SMILES string of the molecule is Cc1[nH]ncc1C(=O)NCCC(N)c1ccccc1. The molecule has 0 spiro atoms. The molecule has 100 valence electrons. The van der Waals surface area contributed by atoms with Crippen molar-refractivity contribution in [1.82, 2.24) is 15.5 Å². The van der Waals surface area contributed by atoms with Crippen molar-refractivity contribution in [3.8, 4) is 0 Å². The summed E-state index contributed by atoms with van der Waals surface area (Å²) < 4.78 is 0. The van der Waals surface area contributed by atoms with Gasteiger partial charge in [-0.05, 0) is 18.9 Å². The molecule has 5 heteroatoms. The van der Waals surface area contributed by atoms with E-state index < -0.39 is 0 Å². The number of benzene rings is 1. The van der Waals surface area contributed by atoms with E-state index in [1.165, 1.54) is 6.20 Å². The van der Waals surface area contributed by atoms with Crippen LogP contribution in [0.25, 0.3) is 0 Å². The summed E-state index contributed by atoms with van der Waals surface area (Å²) in [6.45, 7) is 2.36. The second-order valence-electron chi connectivity index (χ2n) is 4.47. The van der Waals surface area contributed by atoms with Gasteiger partial charge in [-0.3, -0.25) is 9.89 Å². The number of carbonyl (C=O) groups excluding carboxylic acids is 1. The molecular weight excluding hydrogens is 240 g/mol. The molecule has 0 aliphatic heterocycles. The molecule has 1 amide bonds. The van der Waals surface area contributed by atoms with Gasteiger partial charge in [-0.15, -0.1) is 0 Å². The van der Waals surface area contributed by atoms with Crippen LogP contribution in [0.4, 0.5) is 0 Å². The third-order valence-electron chi connectivity index (χ3n) is 3.04. The molecule has 2 rings (SSSR count). The summed E-state index contributed by atoms with van der Waals surface area (Å²) >= 11 is 0. The molecule has 2 aromatic rings. The number of hydrogen-bond acceptors (Lipinski definition) is 3. The van der Waals surface area contributed by atoms with Crippen LogP contribution in [-0.4, -0.2) is 22.6 Å². The Kier molecular flexibility index (Phi) is 4.30. The molecule has 1 atom stereocenters. The second kappa shape index (κ2) is 6.15. The summed E-state index contributed by atoms with van der Waals surface area (Å²) in [5.74, 6) is -0.119. The fourth-order valence-electron chi connectivity index (χ4n) is 1.88.